The number of nitrogens with zero attached hydrogens (tertiary/aromatic N) is 2. The molecule has 1 aliphatic heterocycles. The lowest BCUT2D eigenvalue weighted by atomic mass is 9.75. The highest BCUT2D eigenvalue weighted by Gasteiger charge is 2.40. The van der Waals surface area contributed by atoms with Crippen molar-refractivity contribution < 1.29 is 4.79 Å². The van der Waals surface area contributed by atoms with Crippen molar-refractivity contribution in [2.75, 3.05) is 26.2 Å². The maximum atomic E-state index is 12.7. The molecule has 0 aromatic rings. The average molecular weight is 251 g/mol. The van der Waals surface area contributed by atoms with Crippen LogP contribution in [0.2, 0.25) is 0 Å². The van der Waals surface area contributed by atoms with Crippen molar-refractivity contribution in [1.29, 1.82) is 5.26 Å². The molecule has 1 saturated heterocycles. The molecule has 0 bridgehead atoms. The minimum atomic E-state index is -0.224. The first kappa shape index (κ1) is 15.0. The van der Waals surface area contributed by atoms with Gasteiger partial charge in [0.15, 0.2) is 0 Å². The number of carbonyl (C=O) groups excluding carboxylic acids is 1. The van der Waals surface area contributed by atoms with E-state index in [2.05, 4.69) is 18.3 Å². The predicted molar refractivity (Wildman–Crippen MR) is 71.9 cm³/mol. The fourth-order valence-electron chi connectivity index (χ4n) is 2.87. The van der Waals surface area contributed by atoms with Crippen molar-refractivity contribution in [1.82, 2.24) is 10.2 Å². The summed E-state index contributed by atoms with van der Waals surface area (Å²) >= 11 is 0. The number of amides is 1. The highest BCUT2D eigenvalue weighted by molar-refractivity contribution is 5.83. The molecule has 1 rings (SSSR count). The molecule has 1 fully saturated rings. The molecule has 1 amide bonds. The van der Waals surface area contributed by atoms with E-state index in [1.807, 2.05) is 11.8 Å². The van der Waals surface area contributed by atoms with Gasteiger partial charge in [-0.1, -0.05) is 13.3 Å². The van der Waals surface area contributed by atoms with Crippen LogP contribution >= 0.6 is 0 Å². The summed E-state index contributed by atoms with van der Waals surface area (Å²) in [5, 5.41) is 12.0. The quantitative estimate of drug-likeness (QED) is 0.784. The average Bonchev–Trinajstić information content (AvgIpc) is 2.41. The maximum absolute atomic E-state index is 12.7. The molecule has 1 unspecified atom stereocenters. The number of nitriles is 1. The summed E-state index contributed by atoms with van der Waals surface area (Å²) in [7, 11) is 0. The van der Waals surface area contributed by atoms with Crippen LogP contribution in [0.15, 0.2) is 0 Å². The van der Waals surface area contributed by atoms with Crippen LogP contribution in [0.5, 0.6) is 0 Å². The van der Waals surface area contributed by atoms with E-state index in [-0.39, 0.29) is 11.3 Å². The Morgan fingerprint density at radius 2 is 2.28 bits per heavy atom. The van der Waals surface area contributed by atoms with E-state index in [1.54, 1.807) is 0 Å². The molecule has 0 radical (unpaired) electrons. The van der Waals surface area contributed by atoms with E-state index in [0.717, 1.165) is 38.8 Å². The van der Waals surface area contributed by atoms with Gasteiger partial charge in [0.1, 0.15) is 0 Å². The van der Waals surface area contributed by atoms with Crippen LogP contribution in [0, 0.1) is 16.7 Å². The number of carbonyl (C=O) groups is 1. The third-order valence-corrected chi connectivity index (χ3v) is 3.82. The lowest BCUT2D eigenvalue weighted by molar-refractivity contribution is -0.143. The smallest absolute Gasteiger partial charge is 0.230 e. The number of hydrogen-bond donors (Lipinski definition) is 1. The maximum Gasteiger partial charge on any atom is 0.230 e. The molecule has 0 saturated carbocycles. The Balaban J connectivity index is 2.76. The van der Waals surface area contributed by atoms with Crippen LogP contribution in [0.3, 0.4) is 0 Å². The van der Waals surface area contributed by atoms with Crippen LogP contribution in [0.25, 0.3) is 0 Å². The molecule has 0 aliphatic carbocycles. The monoisotopic (exact) mass is 251 g/mol. The van der Waals surface area contributed by atoms with Crippen LogP contribution in [-0.4, -0.2) is 37.0 Å². The zero-order chi connectivity index (χ0) is 13.4. The standard InChI is InChI=1S/C14H25N3O/c1-3-7-14(8-5-10-16-12-14)13(18)17(4-2)11-6-9-15/h16H,3-8,10-12H2,1-2H3. The van der Waals surface area contributed by atoms with E-state index in [9.17, 15) is 4.79 Å². The summed E-state index contributed by atoms with van der Waals surface area (Å²) in [6, 6.07) is 2.13. The molecule has 4 nitrogen and oxygen atoms in total. The zero-order valence-electron chi connectivity index (χ0n) is 11.7. The van der Waals surface area contributed by atoms with Crippen molar-refractivity contribution in [3.8, 4) is 6.07 Å². The molecule has 1 heterocycles. The van der Waals surface area contributed by atoms with Crippen LogP contribution < -0.4 is 5.32 Å². The van der Waals surface area contributed by atoms with Gasteiger partial charge in [-0.25, -0.2) is 0 Å². The first-order valence-corrected chi connectivity index (χ1v) is 7.07. The molecule has 1 N–H and O–H groups in total. The predicted octanol–water partition coefficient (Wildman–Crippen LogP) is 1.92. The molecular formula is C14H25N3O. The molecule has 102 valence electrons. The lowest BCUT2D eigenvalue weighted by Crippen LogP contribution is -2.52. The van der Waals surface area contributed by atoms with E-state index in [4.69, 9.17) is 5.26 Å². The molecule has 1 atom stereocenters. The van der Waals surface area contributed by atoms with Crippen molar-refractivity contribution >= 4 is 5.91 Å². The summed E-state index contributed by atoms with van der Waals surface area (Å²) in [5.74, 6) is 0.245. The number of nitrogens with one attached hydrogen (secondary N) is 1. The molecule has 4 heteroatoms. The second-order valence-electron chi connectivity index (χ2n) is 5.10. The van der Waals surface area contributed by atoms with Crippen LogP contribution in [-0.2, 0) is 4.79 Å². The Kier molecular flexibility index (Phi) is 6.14. The molecule has 1 aliphatic rings. The summed E-state index contributed by atoms with van der Waals surface area (Å²) in [4.78, 5) is 14.6. The zero-order valence-corrected chi connectivity index (χ0v) is 11.7. The molecule has 0 aromatic heterocycles. The highest BCUT2D eigenvalue weighted by Crippen LogP contribution is 2.33. The van der Waals surface area contributed by atoms with Gasteiger partial charge < -0.3 is 10.2 Å². The van der Waals surface area contributed by atoms with Gasteiger partial charge in [-0.15, -0.1) is 0 Å². The second kappa shape index (κ2) is 7.38. The fraction of sp³-hybridized carbons (Fsp3) is 0.857. The first-order chi connectivity index (χ1) is 8.70. The molecular weight excluding hydrogens is 226 g/mol. The third kappa shape index (κ3) is 3.46. The van der Waals surface area contributed by atoms with Crippen molar-refractivity contribution in [2.24, 2.45) is 5.41 Å². The number of hydrogen-bond acceptors (Lipinski definition) is 3. The largest absolute Gasteiger partial charge is 0.341 e. The molecule has 18 heavy (non-hydrogen) atoms. The minimum absolute atomic E-state index is 0.224. The Labute approximate surface area is 110 Å². The van der Waals surface area contributed by atoms with Gasteiger partial charge in [0, 0.05) is 19.6 Å². The Morgan fingerprint density at radius 3 is 2.78 bits per heavy atom. The minimum Gasteiger partial charge on any atom is -0.341 e. The van der Waals surface area contributed by atoms with Gasteiger partial charge in [0.2, 0.25) is 5.91 Å². The number of rotatable bonds is 6. The normalized spacial score (nSPS) is 23.4. The Morgan fingerprint density at radius 1 is 1.50 bits per heavy atom. The van der Waals surface area contributed by atoms with Gasteiger partial charge in [-0.05, 0) is 32.7 Å². The Hall–Kier alpha value is -1.08. The van der Waals surface area contributed by atoms with Gasteiger partial charge in [-0.3, -0.25) is 4.79 Å². The summed E-state index contributed by atoms with van der Waals surface area (Å²) in [5.41, 5.74) is -0.224. The summed E-state index contributed by atoms with van der Waals surface area (Å²) in [6.45, 7) is 7.20. The topological polar surface area (TPSA) is 56.1 Å². The Bertz CT molecular complexity index is 297. The fourth-order valence-corrected chi connectivity index (χ4v) is 2.87. The van der Waals surface area contributed by atoms with Gasteiger partial charge >= 0.3 is 0 Å². The van der Waals surface area contributed by atoms with Crippen molar-refractivity contribution in [2.45, 2.75) is 46.0 Å². The van der Waals surface area contributed by atoms with Gasteiger partial charge in [0.05, 0.1) is 17.9 Å². The summed E-state index contributed by atoms with van der Waals surface area (Å²) < 4.78 is 0. The number of piperidine rings is 1. The van der Waals surface area contributed by atoms with E-state index < -0.39 is 0 Å². The highest BCUT2D eigenvalue weighted by atomic mass is 16.2. The van der Waals surface area contributed by atoms with E-state index >= 15 is 0 Å². The van der Waals surface area contributed by atoms with Crippen LogP contribution in [0.1, 0.15) is 46.0 Å². The van der Waals surface area contributed by atoms with Crippen LogP contribution in [0.4, 0.5) is 0 Å². The molecule has 0 aromatic carbocycles. The lowest BCUT2D eigenvalue weighted by Gasteiger charge is -2.39. The van der Waals surface area contributed by atoms with Gasteiger partial charge in [-0.2, -0.15) is 5.26 Å². The SMILES string of the molecule is CCCC1(C(=O)N(CC)CCC#N)CCCNC1. The van der Waals surface area contributed by atoms with E-state index in [0.29, 0.717) is 19.5 Å². The van der Waals surface area contributed by atoms with E-state index in [1.165, 1.54) is 0 Å². The summed E-state index contributed by atoms with van der Waals surface area (Å²) in [6.07, 6.45) is 4.46. The third-order valence-electron chi connectivity index (χ3n) is 3.82. The van der Waals surface area contributed by atoms with Crippen molar-refractivity contribution in [3.05, 3.63) is 0 Å². The van der Waals surface area contributed by atoms with Gasteiger partial charge in [0.25, 0.3) is 0 Å². The molecule has 0 spiro atoms. The van der Waals surface area contributed by atoms with Crippen molar-refractivity contribution in [3.63, 3.8) is 0 Å². The second-order valence-corrected chi connectivity index (χ2v) is 5.10. The first-order valence-electron chi connectivity index (χ1n) is 7.07.